The number of rotatable bonds is 11. The second kappa shape index (κ2) is 19.5. The van der Waals surface area contributed by atoms with Gasteiger partial charge in [0.05, 0.1) is 35.1 Å². The van der Waals surface area contributed by atoms with E-state index in [2.05, 4.69) is 32.5 Å². The number of carbonyl (C=O) groups excluding carboxylic acids is 2. The summed E-state index contributed by atoms with van der Waals surface area (Å²) in [7, 11) is 0.500. The number of hydrogen-bond donors (Lipinski definition) is 3. The monoisotopic (exact) mass is 747 g/mol. The maximum atomic E-state index is 14.1. The van der Waals surface area contributed by atoms with Gasteiger partial charge in [0, 0.05) is 11.6 Å². The van der Waals surface area contributed by atoms with Crippen molar-refractivity contribution < 1.29 is 45.1 Å². The Labute approximate surface area is 296 Å². The minimum absolute atomic E-state index is 0.0430. The van der Waals surface area contributed by atoms with Crippen LogP contribution in [0.1, 0.15) is 93.1 Å². The van der Waals surface area contributed by atoms with Crippen molar-refractivity contribution in [1.82, 2.24) is 20.3 Å². The molecular formula is C35H41ClF7N5O3. The number of fused-ring (bicyclic) bond motifs is 1. The average Bonchev–Trinajstić information content (AvgIpc) is 3.48. The number of H-pyrrole nitrogens is 1. The zero-order chi connectivity index (χ0) is 37.7. The fourth-order valence-electron chi connectivity index (χ4n) is 5.74. The number of anilines is 2. The molecule has 280 valence electrons. The van der Waals surface area contributed by atoms with Crippen LogP contribution in [0.15, 0.2) is 46.8 Å². The number of hydrogen-bond acceptors (Lipinski definition) is 6. The van der Waals surface area contributed by atoms with E-state index in [4.69, 9.17) is 16.3 Å². The Hall–Kier alpha value is -4.14. The fourth-order valence-corrected chi connectivity index (χ4v) is 6.02. The maximum Gasteiger partial charge on any atom is 0.418 e. The number of alkyl halides is 6. The predicted octanol–water partition coefficient (Wildman–Crippen LogP) is 10.3. The fraction of sp³-hybridized carbons (Fsp3) is 0.486. The van der Waals surface area contributed by atoms with Gasteiger partial charge in [0.1, 0.15) is 5.83 Å². The minimum atomic E-state index is -4.78. The molecule has 0 unspecified atom stereocenters. The molecule has 16 heteroatoms. The van der Waals surface area contributed by atoms with Crippen molar-refractivity contribution in [3.63, 3.8) is 0 Å². The molecule has 0 spiro atoms. The quantitative estimate of drug-likeness (QED) is 0.133. The van der Waals surface area contributed by atoms with Gasteiger partial charge in [0.2, 0.25) is 11.8 Å². The zero-order valence-corrected chi connectivity index (χ0v) is 29.2. The number of aromatic amines is 1. The smallest absolute Gasteiger partial charge is 0.418 e. The summed E-state index contributed by atoms with van der Waals surface area (Å²) in [5.41, 5.74) is -1.71. The number of nitrogens with zero attached hydrogens (tertiary/aromatic N) is 2. The number of allylic oxidation sites excluding steroid dienone is 2. The summed E-state index contributed by atoms with van der Waals surface area (Å²) in [6.45, 7) is 2.19. The Bertz CT molecular complexity index is 1700. The summed E-state index contributed by atoms with van der Waals surface area (Å²) < 4.78 is 94.9. The van der Waals surface area contributed by atoms with Gasteiger partial charge in [-0.2, -0.15) is 23.1 Å². The number of ether oxygens (including phenoxy) is 1. The molecule has 2 aliphatic carbocycles. The molecule has 1 amide bonds. The summed E-state index contributed by atoms with van der Waals surface area (Å²) in [4.78, 5) is 35.1. The lowest BCUT2D eigenvalue weighted by Crippen LogP contribution is -2.26. The van der Waals surface area contributed by atoms with Crippen LogP contribution in [0.4, 0.5) is 42.4 Å². The molecule has 3 aromatic rings. The van der Waals surface area contributed by atoms with Crippen molar-refractivity contribution in [3.8, 4) is 5.88 Å². The first kappa shape index (κ1) is 41.3. The molecule has 2 aromatic heterocycles. The zero-order valence-electron chi connectivity index (χ0n) is 28.5. The highest BCUT2D eigenvalue weighted by Crippen LogP contribution is 2.37. The number of carbonyl (C=O) groups is 2. The summed E-state index contributed by atoms with van der Waals surface area (Å²) >= 11 is 5.97. The first-order valence-electron chi connectivity index (χ1n) is 16.5. The molecule has 0 atom stereocenters. The lowest BCUT2D eigenvalue weighted by molar-refractivity contribution is -0.137. The van der Waals surface area contributed by atoms with E-state index in [0.717, 1.165) is 31.0 Å². The topological polar surface area (TPSA) is 109 Å². The molecule has 1 saturated carbocycles. The van der Waals surface area contributed by atoms with Crippen LogP contribution in [0.25, 0.3) is 11.2 Å². The Kier molecular flexibility index (Phi) is 15.8. The molecule has 3 N–H and O–H groups in total. The maximum absolute atomic E-state index is 14.1. The number of Topliss-reactive ketones (excluding diaryl/α,β-unsaturated/α-hetero) is 1. The van der Waals surface area contributed by atoms with Gasteiger partial charge >= 0.3 is 6.18 Å². The second-order valence-corrected chi connectivity index (χ2v) is 12.4. The summed E-state index contributed by atoms with van der Waals surface area (Å²) in [5, 5.41) is 4.99. The van der Waals surface area contributed by atoms with Crippen molar-refractivity contribution in [2.75, 3.05) is 19.1 Å². The molecule has 5 rings (SSSR count). The van der Waals surface area contributed by atoms with Crippen molar-refractivity contribution >= 4 is 46.1 Å². The normalized spacial score (nSPS) is 15.0. The van der Waals surface area contributed by atoms with E-state index in [1.807, 2.05) is 0 Å². The molecule has 0 radical (unpaired) electrons. The van der Waals surface area contributed by atoms with Crippen LogP contribution in [-0.2, 0) is 17.5 Å². The molecule has 0 bridgehead atoms. The van der Waals surface area contributed by atoms with E-state index in [9.17, 15) is 40.3 Å². The number of amides is 1. The van der Waals surface area contributed by atoms with E-state index >= 15 is 0 Å². The highest BCUT2D eigenvalue weighted by Gasteiger charge is 2.34. The van der Waals surface area contributed by atoms with E-state index in [-0.39, 0.29) is 51.8 Å². The first-order valence-corrected chi connectivity index (χ1v) is 16.8. The van der Waals surface area contributed by atoms with Crippen molar-refractivity contribution in [2.24, 2.45) is 5.92 Å². The number of ketones is 1. The number of nitrogens with one attached hydrogen (secondary N) is 3. The van der Waals surface area contributed by atoms with Crippen LogP contribution >= 0.6 is 11.6 Å². The summed E-state index contributed by atoms with van der Waals surface area (Å²) in [6.07, 6.45) is 4.66. The third-order valence-electron chi connectivity index (χ3n) is 8.11. The average molecular weight is 748 g/mol. The van der Waals surface area contributed by atoms with Gasteiger partial charge in [0.15, 0.2) is 18.0 Å². The van der Waals surface area contributed by atoms with Gasteiger partial charge in [-0.25, -0.2) is 13.2 Å². The van der Waals surface area contributed by atoms with E-state index in [0.29, 0.717) is 13.6 Å². The van der Waals surface area contributed by atoms with Crippen LogP contribution in [0.2, 0.25) is 0 Å². The third-order valence-corrected chi connectivity index (χ3v) is 8.48. The van der Waals surface area contributed by atoms with Crippen molar-refractivity contribution in [2.45, 2.75) is 90.8 Å². The number of halogens is 8. The summed E-state index contributed by atoms with van der Waals surface area (Å²) in [6, 6.07) is 4.29. The first-order chi connectivity index (χ1) is 24.3. The van der Waals surface area contributed by atoms with Crippen molar-refractivity contribution in [3.05, 3.63) is 63.5 Å². The second-order valence-electron chi connectivity index (χ2n) is 11.9. The molecule has 0 saturated heterocycles. The lowest BCUT2D eigenvalue weighted by Gasteiger charge is -2.20. The number of imidazole rings is 1. The van der Waals surface area contributed by atoms with Crippen LogP contribution in [-0.4, -0.2) is 46.9 Å². The van der Waals surface area contributed by atoms with Crippen LogP contribution in [0.3, 0.4) is 0 Å². The highest BCUT2D eigenvalue weighted by molar-refractivity contribution is 6.32. The predicted molar refractivity (Wildman–Crippen MR) is 182 cm³/mol. The Balaban J connectivity index is 0.000000549. The molecule has 1 aromatic carbocycles. The molecular weight excluding hydrogens is 707 g/mol. The van der Waals surface area contributed by atoms with E-state index in [1.54, 1.807) is 0 Å². The van der Waals surface area contributed by atoms with Crippen LogP contribution in [0.5, 0.6) is 5.88 Å². The van der Waals surface area contributed by atoms with Gasteiger partial charge in [-0.15, -0.1) is 0 Å². The SMILES string of the molecule is CC(=O)c1cc2[nH]c(Nc3cc(CNC(=O)C4=C(Cl)CCC=C4F)ccc3C(F)(F)F)nc2nc1OCC(F)F.CCCC1CCCCC1.CF. The molecule has 1 fully saturated rings. The van der Waals surface area contributed by atoms with Gasteiger partial charge in [-0.3, -0.25) is 14.0 Å². The Morgan fingerprint density at radius 1 is 1.10 bits per heavy atom. The molecule has 2 aliphatic rings. The third kappa shape index (κ3) is 12.0. The van der Waals surface area contributed by atoms with Gasteiger partial charge in [-0.1, -0.05) is 69.5 Å². The summed E-state index contributed by atoms with van der Waals surface area (Å²) in [5.74, 6) is -1.64. The van der Waals surface area contributed by atoms with Gasteiger partial charge < -0.3 is 20.4 Å². The van der Waals surface area contributed by atoms with E-state index in [1.165, 1.54) is 57.1 Å². The van der Waals surface area contributed by atoms with Gasteiger partial charge in [-0.05, 0) is 55.5 Å². The molecule has 51 heavy (non-hydrogen) atoms. The molecule has 2 heterocycles. The standard InChI is InChI=1S/C25H20ClF6N5O3.C9H18.CH3F/c1-11(38)13-8-18-21(36-23(13)40-10-19(28)29)37-24(35-18)34-17-7-12(5-6-14(17)25(30,31)32)9-33-22(39)20-15(26)3-2-4-16(20)27;1-2-6-9-7-4-3-5-8-9;1-2/h4-8,19H,2-3,9-10H2,1H3,(H,33,39)(H2,34,35,36,37);9H,2-8H2,1H3;1H3. The van der Waals surface area contributed by atoms with Crippen LogP contribution in [0, 0.1) is 5.92 Å². The largest absolute Gasteiger partial charge is 0.471 e. The van der Waals surface area contributed by atoms with Gasteiger partial charge in [0.25, 0.3) is 12.3 Å². The van der Waals surface area contributed by atoms with E-state index < -0.39 is 53.9 Å². The number of aromatic nitrogens is 3. The lowest BCUT2D eigenvalue weighted by atomic mass is 9.86. The number of pyridine rings is 1. The number of benzene rings is 1. The van der Waals surface area contributed by atoms with Crippen LogP contribution < -0.4 is 15.4 Å². The molecule has 0 aliphatic heterocycles. The molecule has 8 nitrogen and oxygen atoms in total. The minimum Gasteiger partial charge on any atom is -0.471 e. The van der Waals surface area contributed by atoms with Crippen molar-refractivity contribution in [1.29, 1.82) is 0 Å². The Morgan fingerprint density at radius 3 is 2.41 bits per heavy atom. The highest BCUT2D eigenvalue weighted by atomic mass is 35.5. The Morgan fingerprint density at radius 2 is 1.80 bits per heavy atom.